The number of amides is 2. The van der Waals surface area contributed by atoms with Gasteiger partial charge in [-0.15, -0.1) is 11.3 Å². The standard InChI is InChI=1S/C16H17N3O4S2/c1-9-8-25(22,23)19(15(9)21)13-6-4-12(5-7-13)14(20)18-16-17-10(2)11(3)24-16/h4-7,9H,8H2,1-3H3,(H,17,18,20). The molecule has 2 amide bonds. The molecule has 1 aromatic heterocycles. The predicted molar refractivity (Wildman–Crippen MR) is 96.4 cm³/mol. The lowest BCUT2D eigenvalue weighted by Crippen LogP contribution is -2.30. The Labute approximate surface area is 149 Å². The van der Waals surface area contributed by atoms with Crippen LogP contribution in [0.3, 0.4) is 0 Å². The second-order valence-electron chi connectivity index (χ2n) is 5.94. The molecule has 1 saturated heterocycles. The van der Waals surface area contributed by atoms with Crippen molar-refractivity contribution in [2.24, 2.45) is 5.92 Å². The minimum Gasteiger partial charge on any atom is -0.298 e. The quantitative estimate of drug-likeness (QED) is 0.883. The number of carbonyl (C=O) groups is 2. The molecule has 1 atom stereocenters. The molecular formula is C16H17N3O4S2. The Balaban J connectivity index is 1.80. The van der Waals surface area contributed by atoms with Crippen molar-refractivity contribution in [1.29, 1.82) is 0 Å². The molecule has 2 aromatic rings. The first-order chi connectivity index (χ1) is 11.7. The van der Waals surface area contributed by atoms with Crippen LogP contribution in [0.15, 0.2) is 24.3 Å². The fourth-order valence-electron chi connectivity index (χ4n) is 2.53. The summed E-state index contributed by atoms with van der Waals surface area (Å²) in [6.07, 6.45) is 0. The maximum atomic E-state index is 12.3. The van der Waals surface area contributed by atoms with Gasteiger partial charge in [0.15, 0.2) is 5.13 Å². The fraction of sp³-hybridized carbons (Fsp3) is 0.312. The molecule has 0 spiro atoms. The monoisotopic (exact) mass is 379 g/mol. The van der Waals surface area contributed by atoms with E-state index in [0.29, 0.717) is 10.7 Å². The zero-order valence-electron chi connectivity index (χ0n) is 13.9. The Kier molecular flexibility index (Phi) is 4.38. The summed E-state index contributed by atoms with van der Waals surface area (Å²) in [6, 6.07) is 5.90. The number of benzene rings is 1. The SMILES string of the molecule is Cc1nc(NC(=O)c2ccc(N3C(=O)C(C)CS3(=O)=O)cc2)sc1C. The molecule has 1 aliphatic heterocycles. The first-order valence-corrected chi connectivity index (χ1v) is 10.0. The van der Waals surface area contributed by atoms with E-state index in [-0.39, 0.29) is 17.3 Å². The van der Waals surface area contributed by atoms with Crippen molar-refractivity contribution in [1.82, 2.24) is 4.98 Å². The van der Waals surface area contributed by atoms with E-state index in [9.17, 15) is 18.0 Å². The molecular weight excluding hydrogens is 362 g/mol. The number of hydrogen-bond acceptors (Lipinski definition) is 6. The van der Waals surface area contributed by atoms with Crippen molar-refractivity contribution in [2.45, 2.75) is 20.8 Å². The molecule has 1 fully saturated rings. The average Bonchev–Trinajstić information content (AvgIpc) is 2.95. The Morgan fingerprint density at radius 1 is 1.28 bits per heavy atom. The third-order valence-corrected chi connectivity index (χ3v) is 6.83. The Hall–Kier alpha value is -2.26. The zero-order chi connectivity index (χ0) is 18.4. The van der Waals surface area contributed by atoms with Crippen LogP contribution >= 0.6 is 11.3 Å². The lowest BCUT2D eigenvalue weighted by molar-refractivity contribution is -0.119. The van der Waals surface area contributed by atoms with Gasteiger partial charge in [0.1, 0.15) is 0 Å². The van der Waals surface area contributed by atoms with Crippen molar-refractivity contribution in [3.8, 4) is 0 Å². The maximum Gasteiger partial charge on any atom is 0.257 e. The van der Waals surface area contributed by atoms with Crippen molar-refractivity contribution < 1.29 is 18.0 Å². The van der Waals surface area contributed by atoms with Gasteiger partial charge in [-0.05, 0) is 38.1 Å². The highest BCUT2D eigenvalue weighted by atomic mass is 32.2. The van der Waals surface area contributed by atoms with Gasteiger partial charge in [0, 0.05) is 10.4 Å². The van der Waals surface area contributed by atoms with Crippen LogP contribution in [-0.4, -0.2) is 31.0 Å². The van der Waals surface area contributed by atoms with E-state index in [2.05, 4.69) is 10.3 Å². The van der Waals surface area contributed by atoms with Crippen molar-refractivity contribution in [2.75, 3.05) is 15.4 Å². The van der Waals surface area contributed by atoms with Gasteiger partial charge in [-0.3, -0.25) is 14.9 Å². The molecule has 9 heteroatoms. The smallest absolute Gasteiger partial charge is 0.257 e. The van der Waals surface area contributed by atoms with E-state index >= 15 is 0 Å². The number of hydrogen-bond donors (Lipinski definition) is 1. The number of nitrogens with zero attached hydrogens (tertiary/aromatic N) is 2. The van der Waals surface area contributed by atoms with Crippen LogP contribution in [0.1, 0.15) is 27.9 Å². The van der Waals surface area contributed by atoms with Gasteiger partial charge in [-0.2, -0.15) is 0 Å². The van der Waals surface area contributed by atoms with E-state index in [1.165, 1.54) is 35.6 Å². The van der Waals surface area contributed by atoms with Crippen LogP contribution in [-0.2, 0) is 14.8 Å². The fourth-order valence-corrected chi connectivity index (χ4v) is 5.16. The summed E-state index contributed by atoms with van der Waals surface area (Å²) in [5.74, 6) is -1.56. The van der Waals surface area contributed by atoms with E-state index < -0.39 is 21.8 Å². The highest BCUT2D eigenvalue weighted by Gasteiger charge is 2.41. The van der Waals surface area contributed by atoms with E-state index in [1.807, 2.05) is 13.8 Å². The van der Waals surface area contributed by atoms with Gasteiger partial charge < -0.3 is 0 Å². The van der Waals surface area contributed by atoms with Gasteiger partial charge in [0.2, 0.25) is 15.9 Å². The highest BCUT2D eigenvalue weighted by Crippen LogP contribution is 2.28. The summed E-state index contributed by atoms with van der Waals surface area (Å²) in [5.41, 5.74) is 1.46. The van der Waals surface area contributed by atoms with Crippen LogP contribution in [0, 0.1) is 19.8 Å². The normalized spacial score (nSPS) is 19.2. The molecule has 3 rings (SSSR count). The molecule has 1 unspecified atom stereocenters. The van der Waals surface area contributed by atoms with Crippen LogP contribution in [0.5, 0.6) is 0 Å². The van der Waals surface area contributed by atoms with Crippen LogP contribution in [0.25, 0.3) is 0 Å². The average molecular weight is 379 g/mol. The summed E-state index contributed by atoms with van der Waals surface area (Å²) in [6.45, 7) is 5.37. The third-order valence-electron chi connectivity index (χ3n) is 3.97. The summed E-state index contributed by atoms with van der Waals surface area (Å²) < 4.78 is 25.0. The summed E-state index contributed by atoms with van der Waals surface area (Å²) >= 11 is 1.39. The lowest BCUT2D eigenvalue weighted by Gasteiger charge is -2.15. The number of anilines is 2. The lowest BCUT2D eigenvalue weighted by atomic mass is 10.1. The zero-order valence-corrected chi connectivity index (χ0v) is 15.6. The second-order valence-corrected chi connectivity index (χ2v) is 9.01. The first-order valence-electron chi connectivity index (χ1n) is 7.61. The second kappa shape index (κ2) is 6.23. The molecule has 132 valence electrons. The molecule has 0 saturated carbocycles. The van der Waals surface area contributed by atoms with Crippen LogP contribution in [0.2, 0.25) is 0 Å². The maximum absolute atomic E-state index is 12.3. The Morgan fingerprint density at radius 2 is 1.92 bits per heavy atom. The number of thiazole rings is 1. The topological polar surface area (TPSA) is 96.4 Å². The minimum absolute atomic E-state index is 0.198. The van der Waals surface area contributed by atoms with Crippen molar-refractivity contribution >= 4 is 44.0 Å². The molecule has 0 radical (unpaired) electrons. The molecule has 1 aromatic carbocycles. The summed E-state index contributed by atoms with van der Waals surface area (Å²) in [5, 5.41) is 3.22. The third kappa shape index (κ3) is 3.29. The van der Waals surface area contributed by atoms with Crippen molar-refractivity contribution in [3.63, 3.8) is 0 Å². The molecule has 7 nitrogen and oxygen atoms in total. The number of aryl methyl sites for hydroxylation is 2. The Morgan fingerprint density at radius 3 is 2.40 bits per heavy atom. The Bertz CT molecular complexity index is 929. The number of nitrogens with one attached hydrogen (secondary N) is 1. The number of aromatic nitrogens is 1. The van der Waals surface area contributed by atoms with E-state index in [1.54, 1.807) is 6.92 Å². The number of rotatable bonds is 3. The predicted octanol–water partition coefficient (Wildman–Crippen LogP) is 2.32. The largest absolute Gasteiger partial charge is 0.298 e. The molecule has 0 aliphatic carbocycles. The number of sulfonamides is 1. The number of carbonyl (C=O) groups excluding carboxylic acids is 2. The summed E-state index contributed by atoms with van der Waals surface area (Å²) in [4.78, 5) is 29.6. The van der Waals surface area contributed by atoms with Gasteiger partial charge in [0.05, 0.1) is 23.1 Å². The van der Waals surface area contributed by atoms with Crippen LogP contribution in [0.4, 0.5) is 10.8 Å². The van der Waals surface area contributed by atoms with Gasteiger partial charge in [0.25, 0.3) is 5.91 Å². The minimum atomic E-state index is -3.65. The highest BCUT2D eigenvalue weighted by molar-refractivity contribution is 7.94. The summed E-state index contributed by atoms with van der Waals surface area (Å²) in [7, 11) is -3.65. The molecule has 25 heavy (non-hydrogen) atoms. The van der Waals surface area contributed by atoms with Gasteiger partial charge >= 0.3 is 0 Å². The van der Waals surface area contributed by atoms with Crippen molar-refractivity contribution in [3.05, 3.63) is 40.4 Å². The van der Waals surface area contributed by atoms with Gasteiger partial charge in [-0.25, -0.2) is 17.7 Å². The molecule has 2 heterocycles. The van der Waals surface area contributed by atoms with Gasteiger partial charge in [-0.1, -0.05) is 6.92 Å². The molecule has 1 N–H and O–H groups in total. The van der Waals surface area contributed by atoms with E-state index in [4.69, 9.17) is 0 Å². The molecule has 0 bridgehead atoms. The van der Waals surface area contributed by atoms with Crippen LogP contribution < -0.4 is 9.62 Å². The molecule has 1 aliphatic rings. The van der Waals surface area contributed by atoms with E-state index in [0.717, 1.165) is 14.9 Å². The first kappa shape index (κ1) is 17.6.